The third-order valence-corrected chi connectivity index (χ3v) is 5.84. The third-order valence-electron chi connectivity index (χ3n) is 5.84. The predicted molar refractivity (Wildman–Crippen MR) is 91.5 cm³/mol. The van der Waals surface area contributed by atoms with Gasteiger partial charge < -0.3 is 19.4 Å². The van der Waals surface area contributed by atoms with Gasteiger partial charge in [0.15, 0.2) is 0 Å². The molecule has 0 aromatic heterocycles. The smallest absolute Gasteiger partial charge is 0.228 e. The van der Waals surface area contributed by atoms with Crippen LogP contribution >= 0.6 is 0 Å². The molecule has 3 fully saturated rings. The van der Waals surface area contributed by atoms with Crippen LogP contribution in [0.3, 0.4) is 0 Å². The molecule has 0 saturated carbocycles. The Morgan fingerprint density at radius 2 is 1.67 bits per heavy atom. The van der Waals surface area contributed by atoms with E-state index in [1.165, 1.54) is 0 Å². The first-order valence-electron chi connectivity index (χ1n) is 9.54. The largest absolute Gasteiger partial charge is 0.381 e. The molecule has 0 unspecified atom stereocenters. The van der Waals surface area contributed by atoms with Gasteiger partial charge in [-0.05, 0) is 31.7 Å². The van der Waals surface area contributed by atoms with Crippen molar-refractivity contribution in [3.05, 3.63) is 0 Å². The molecule has 0 aromatic rings. The number of nitrogens with zero attached hydrogens (tertiary/aromatic N) is 3. The lowest BCUT2D eigenvalue weighted by Crippen LogP contribution is -2.49. The second kappa shape index (κ2) is 8.30. The Hall–Kier alpha value is -1.14. The predicted octanol–water partition coefficient (Wildman–Crippen LogP) is 0.816. The Morgan fingerprint density at radius 1 is 0.958 bits per heavy atom. The molecule has 6 heteroatoms. The van der Waals surface area contributed by atoms with E-state index in [9.17, 15) is 9.59 Å². The number of carbonyl (C=O) groups excluding carboxylic acids is 2. The van der Waals surface area contributed by atoms with Gasteiger partial charge in [-0.15, -0.1) is 0 Å². The molecule has 3 aliphatic heterocycles. The van der Waals surface area contributed by atoms with E-state index in [1.807, 2.05) is 9.80 Å². The highest BCUT2D eigenvalue weighted by atomic mass is 16.5. The third kappa shape index (κ3) is 4.28. The normalized spacial score (nSPS) is 26.8. The molecule has 6 nitrogen and oxygen atoms in total. The fourth-order valence-corrected chi connectivity index (χ4v) is 4.03. The van der Waals surface area contributed by atoms with E-state index >= 15 is 0 Å². The maximum absolute atomic E-state index is 12.5. The zero-order valence-corrected chi connectivity index (χ0v) is 14.9. The van der Waals surface area contributed by atoms with Gasteiger partial charge in [-0.1, -0.05) is 6.92 Å². The van der Waals surface area contributed by atoms with E-state index < -0.39 is 0 Å². The van der Waals surface area contributed by atoms with Crippen molar-refractivity contribution in [1.82, 2.24) is 14.7 Å². The van der Waals surface area contributed by atoms with Crippen molar-refractivity contribution in [3.63, 3.8) is 0 Å². The molecule has 2 amide bonds. The fraction of sp³-hybridized carbons (Fsp3) is 0.889. The minimum absolute atomic E-state index is 0.0676. The van der Waals surface area contributed by atoms with Crippen LogP contribution in [-0.2, 0) is 14.3 Å². The molecule has 0 radical (unpaired) electrons. The number of amides is 2. The topological polar surface area (TPSA) is 53.1 Å². The summed E-state index contributed by atoms with van der Waals surface area (Å²) in [6.07, 6.45) is 3.43. The summed E-state index contributed by atoms with van der Waals surface area (Å²) < 4.78 is 5.32. The highest BCUT2D eigenvalue weighted by molar-refractivity contribution is 5.79. The Balaban J connectivity index is 1.39. The van der Waals surface area contributed by atoms with Crippen molar-refractivity contribution in [1.29, 1.82) is 0 Å². The summed E-state index contributed by atoms with van der Waals surface area (Å²) in [6, 6.07) is 0. The summed E-state index contributed by atoms with van der Waals surface area (Å²) in [5.74, 6) is 1.07. The summed E-state index contributed by atoms with van der Waals surface area (Å²) in [5.41, 5.74) is 0. The minimum atomic E-state index is 0.0676. The number of rotatable bonds is 4. The molecule has 0 aromatic carbocycles. The van der Waals surface area contributed by atoms with E-state index in [2.05, 4.69) is 11.8 Å². The number of likely N-dealkylation sites (tertiary alicyclic amines) is 1. The van der Waals surface area contributed by atoms with Crippen LogP contribution in [0.5, 0.6) is 0 Å². The molecule has 1 atom stereocenters. The summed E-state index contributed by atoms with van der Waals surface area (Å²) >= 11 is 0. The molecule has 3 rings (SSSR count). The van der Waals surface area contributed by atoms with Gasteiger partial charge in [0.1, 0.15) is 0 Å². The Morgan fingerprint density at radius 3 is 2.25 bits per heavy atom. The number of ether oxygens (including phenoxy) is 1. The van der Waals surface area contributed by atoms with Crippen molar-refractivity contribution in [2.75, 3.05) is 59.0 Å². The monoisotopic (exact) mass is 337 g/mol. The van der Waals surface area contributed by atoms with E-state index in [-0.39, 0.29) is 11.8 Å². The number of carbonyl (C=O) groups is 2. The van der Waals surface area contributed by atoms with E-state index in [4.69, 9.17) is 4.74 Å². The molecule has 0 aliphatic carbocycles. The second-order valence-electron chi connectivity index (χ2n) is 7.35. The Kier molecular flexibility index (Phi) is 6.11. The highest BCUT2D eigenvalue weighted by Crippen LogP contribution is 2.24. The van der Waals surface area contributed by atoms with Crippen LogP contribution in [0.25, 0.3) is 0 Å². The molecular weight excluding hydrogens is 306 g/mol. The van der Waals surface area contributed by atoms with Gasteiger partial charge in [0.2, 0.25) is 11.8 Å². The van der Waals surface area contributed by atoms with Crippen molar-refractivity contribution in [2.45, 2.75) is 32.6 Å². The van der Waals surface area contributed by atoms with Gasteiger partial charge in [0.25, 0.3) is 0 Å². The lowest BCUT2D eigenvalue weighted by atomic mass is 9.92. The Bertz CT molecular complexity index is 435. The number of hydrogen-bond acceptors (Lipinski definition) is 4. The lowest BCUT2D eigenvalue weighted by Gasteiger charge is -2.36. The highest BCUT2D eigenvalue weighted by Gasteiger charge is 2.31. The van der Waals surface area contributed by atoms with Crippen LogP contribution in [-0.4, -0.2) is 85.5 Å². The first kappa shape index (κ1) is 17.7. The Labute approximate surface area is 145 Å². The molecule has 136 valence electrons. The maximum Gasteiger partial charge on any atom is 0.228 e. The zero-order valence-electron chi connectivity index (χ0n) is 14.9. The maximum atomic E-state index is 12.5. The average Bonchev–Trinajstić information content (AvgIpc) is 3.16. The van der Waals surface area contributed by atoms with E-state index in [1.54, 1.807) is 0 Å². The SMILES string of the molecule is CCN1CCN(C(=O)CC2CCN(C(=O)[C@H]3CCOC3)CC2)CC1. The molecule has 3 saturated heterocycles. The van der Waals surface area contributed by atoms with Gasteiger partial charge in [0.05, 0.1) is 12.5 Å². The van der Waals surface area contributed by atoms with Crippen molar-refractivity contribution in [3.8, 4) is 0 Å². The van der Waals surface area contributed by atoms with E-state index in [0.717, 1.165) is 65.1 Å². The van der Waals surface area contributed by atoms with Crippen LogP contribution in [0.2, 0.25) is 0 Å². The standard InChI is InChI=1S/C18H31N3O3/c1-2-19-8-10-20(11-9-19)17(22)13-15-3-6-21(7-4-15)18(23)16-5-12-24-14-16/h15-16H,2-14H2,1H3/t16-/m0/s1. The zero-order chi connectivity index (χ0) is 16.9. The average molecular weight is 337 g/mol. The molecule has 0 spiro atoms. The van der Waals surface area contributed by atoms with Crippen LogP contribution in [0.15, 0.2) is 0 Å². The van der Waals surface area contributed by atoms with Crippen LogP contribution in [0, 0.1) is 11.8 Å². The van der Waals surface area contributed by atoms with Gasteiger partial charge in [-0.2, -0.15) is 0 Å². The van der Waals surface area contributed by atoms with Crippen LogP contribution in [0.1, 0.15) is 32.6 Å². The fourth-order valence-electron chi connectivity index (χ4n) is 4.03. The molecule has 24 heavy (non-hydrogen) atoms. The molecule has 0 N–H and O–H groups in total. The lowest BCUT2D eigenvalue weighted by molar-refractivity contribution is -0.137. The summed E-state index contributed by atoms with van der Waals surface area (Å²) in [6.45, 7) is 9.88. The number of hydrogen-bond donors (Lipinski definition) is 0. The molecule has 0 bridgehead atoms. The number of piperazine rings is 1. The molecule has 3 heterocycles. The summed E-state index contributed by atoms with van der Waals surface area (Å²) in [5, 5.41) is 0. The minimum Gasteiger partial charge on any atom is -0.381 e. The van der Waals surface area contributed by atoms with Gasteiger partial charge in [-0.3, -0.25) is 9.59 Å². The van der Waals surface area contributed by atoms with Crippen LogP contribution < -0.4 is 0 Å². The van der Waals surface area contributed by atoms with Gasteiger partial charge >= 0.3 is 0 Å². The first-order chi connectivity index (χ1) is 11.7. The summed E-state index contributed by atoms with van der Waals surface area (Å²) in [4.78, 5) is 31.3. The van der Waals surface area contributed by atoms with E-state index in [0.29, 0.717) is 31.5 Å². The van der Waals surface area contributed by atoms with Crippen molar-refractivity contribution in [2.24, 2.45) is 11.8 Å². The van der Waals surface area contributed by atoms with Gasteiger partial charge in [-0.25, -0.2) is 0 Å². The quantitative estimate of drug-likeness (QED) is 0.762. The number of likely N-dealkylation sites (N-methyl/N-ethyl adjacent to an activating group) is 1. The second-order valence-corrected chi connectivity index (χ2v) is 7.35. The number of piperidine rings is 1. The van der Waals surface area contributed by atoms with Crippen molar-refractivity contribution >= 4 is 11.8 Å². The first-order valence-corrected chi connectivity index (χ1v) is 9.54. The summed E-state index contributed by atoms with van der Waals surface area (Å²) in [7, 11) is 0. The molecule has 3 aliphatic rings. The molecular formula is C18H31N3O3. The van der Waals surface area contributed by atoms with Gasteiger partial charge in [0, 0.05) is 52.3 Å². The van der Waals surface area contributed by atoms with Crippen LogP contribution in [0.4, 0.5) is 0 Å². The van der Waals surface area contributed by atoms with Crippen molar-refractivity contribution < 1.29 is 14.3 Å².